The van der Waals surface area contributed by atoms with Gasteiger partial charge in [0.05, 0.1) is 11.9 Å². The summed E-state index contributed by atoms with van der Waals surface area (Å²) in [4.78, 5) is 0. The van der Waals surface area contributed by atoms with E-state index in [0.29, 0.717) is 11.6 Å². The van der Waals surface area contributed by atoms with Crippen molar-refractivity contribution in [1.29, 1.82) is 0 Å². The van der Waals surface area contributed by atoms with Crippen LogP contribution in [0.4, 0.5) is 5.69 Å². The molecule has 0 aliphatic carbocycles. The second-order valence-corrected chi connectivity index (χ2v) is 3.19. The van der Waals surface area contributed by atoms with E-state index >= 15 is 0 Å². The lowest BCUT2D eigenvalue weighted by molar-refractivity contribution is 0.330. The summed E-state index contributed by atoms with van der Waals surface area (Å²) in [7, 11) is 0. The summed E-state index contributed by atoms with van der Waals surface area (Å²) in [6, 6.07) is 0. The van der Waals surface area contributed by atoms with Crippen LogP contribution in [0.2, 0.25) is 0 Å². The van der Waals surface area contributed by atoms with E-state index in [1.165, 1.54) is 6.42 Å². The third-order valence-electron chi connectivity index (χ3n) is 2.30. The van der Waals surface area contributed by atoms with Crippen LogP contribution < -0.4 is 11.1 Å². The molecule has 66 valence electrons. The predicted molar refractivity (Wildman–Crippen MR) is 45.8 cm³/mol. The Hall–Kier alpha value is -1.03. The Kier molecular flexibility index (Phi) is 1.99. The Morgan fingerprint density at radius 3 is 3.17 bits per heavy atom. The lowest BCUT2D eigenvalue weighted by Crippen LogP contribution is -2.28. The largest absolute Gasteiger partial charge is 0.395 e. The third-order valence-corrected chi connectivity index (χ3v) is 2.30. The molecule has 1 saturated heterocycles. The highest BCUT2D eigenvalue weighted by Gasteiger charge is 2.20. The molecule has 1 atom stereocenters. The van der Waals surface area contributed by atoms with Gasteiger partial charge in [-0.3, -0.25) is 0 Å². The molecule has 4 nitrogen and oxygen atoms in total. The second-order valence-electron chi connectivity index (χ2n) is 3.19. The Morgan fingerprint density at radius 1 is 1.67 bits per heavy atom. The SMILES string of the molecule is Nc1cnoc1C1CCCNC1. The van der Waals surface area contributed by atoms with Crippen LogP contribution in [0.3, 0.4) is 0 Å². The Morgan fingerprint density at radius 2 is 2.58 bits per heavy atom. The topological polar surface area (TPSA) is 64.1 Å². The zero-order chi connectivity index (χ0) is 8.39. The van der Waals surface area contributed by atoms with Crippen LogP contribution in [-0.2, 0) is 0 Å². The van der Waals surface area contributed by atoms with E-state index in [4.69, 9.17) is 10.3 Å². The van der Waals surface area contributed by atoms with Crippen LogP contribution in [0.25, 0.3) is 0 Å². The van der Waals surface area contributed by atoms with Crippen molar-refractivity contribution in [2.24, 2.45) is 0 Å². The minimum Gasteiger partial charge on any atom is -0.395 e. The fourth-order valence-corrected chi connectivity index (χ4v) is 1.64. The molecule has 2 rings (SSSR count). The summed E-state index contributed by atoms with van der Waals surface area (Å²) < 4.78 is 5.09. The van der Waals surface area contributed by atoms with Crippen molar-refractivity contribution in [3.8, 4) is 0 Å². The van der Waals surface area contributed by atoms with Gasteiger partial charge >= 0.3 is 0 Å². The number of piperidine rings is 1. The Labute approximate surface area is 71.1 Å². The first-order valence-electron chi connectivity index (χ1n) is 4.28. The average molecular weight is 167 g/mol. The molecule has 0 radical (unpaired) electrons. The van der Waals surface area contributed by atoms with Crippen LogP contribution in [0.5, 0.6) is 0 Å². The van der Waals surface area contributed by atoms with E-state index in [9.17, 15) is 0 Å². The number of hydrogen-bond donors (Lipinski definition) is 2. The normalized spacial score (nSPS) is 24.2. The molecule has 4 heteroatoms. The van der Waals surface area contributed by atoms with Crippen LogP contribution >= 0.6 is 0 Å². The quantitative estimate of drug-likeness (QED) is 0.647. The average Bonchev–Trinajstić information content (AvgIpc) is 2.53. The van der Waals surface area contributed by atoms with Gasteiger partial charge < -0.3 is 15.6 Å². The van der Waals surface area contributed by atoms with Crippen LogP contribution in [0.1, 0.15) is 24.5 Å². The van der Waals surface area contributed by atoms with Crippen molar-refractivity contribution < 1.29 is 4.52 Å². The number of hydrogen-bond acceptors (Lipinski definition) is 4. The molecule has 0 saturated carbocycles. The number of rotatable bonds is 1. The van der Waals surface area contributed by atoms with Crippen molar-refractivity contribution in [2.45, 2.75) is 18.8 Å². The summed E-state index contributed by atoms with van der Waals surface area (Å²) in [5.41, 5.74) is 6.37. The maximum Gasteiger partial charge on any atom is 0.163 e. The Balaban J connectivity index is 2.13. The number of nitrogen functional groups attached to an aromatic ring is 1. The van der Waals surface area contributed by atoms with E-state index in [2.05, 4.69) is 10.5 Å². The first-order valence-corrected chi connectivity index (χ1v) is 4.28. The van der Waals surface area contributed by atoms with Gasteiger partial charge in [0, 0.05) is 12.5 Å². The molecule has 0 amide bonds. The third kappa shape index (κ3) is 1.30. The van der Waals surface area contributed by atoms with Crippen molar-refractivity contribution >= 4 is 5.69 Å². The van der Waals surface area contributed by atoms with Gasteiger partial charge in [0.25, 0.3) is 0 Å². The smallest absolute Gasteiger partial charge is 0.163 e. The lowest BCUT2D eigenvalue weighted by atomic mass is 9.96. The first-order chi connectivity index (χ1) is 5.88. The van der Waals surface area contributed by atoms with E-state index in [0.717, 1.165) is 25.3 Å². The number of nitrogens with zero attached hydrogens (tertiary/aromatic N) is 1. The van der Waals surface area contributed by atoms with Crippen molar-refractivity contribution in [3.05, 3.63) is 12.0 Å². The van der Waals surface area contributed by atoms with Crippen molar-refractivity contribution in [3.63, 3.8) is 0 Å². The summed E-state index contributed by atoms with van der Waals surface area (Å²) in [5.74, 6) is 1.27. The molecule has 2 heterocycles. The zero-order valence-electron chi connectivity index (χ0n) is 6.92. The molecule has 12 heavy (non-hydrogen) atoms. The highest BCUT2D eigenvalue weighted by Crippen LogP contribution is 2.27. The molecule has 0 aromatic carbocycles. The van der Waals surface area contributed by atoms with Gasteiger partial charge in [-0.1, -0.05) is 5.16 Å². The summed E-state index contributed by atoms with van der Waals surface area (Å²) in [5, 5.41) is 6.98. The van der Waals surface area contributed by atoms with E-state index in [-0.39, 0.29) is 0 Å². The highest BCUT2D eigenvalue weighted by atomic mass is 16.5. The first kappa shape index (κ1) is 7.61. The molecular weight excluding hydrogens is 154 g/mol. The zero-order valence-corrected chi connectivity index (χ0v) is 6.92. The molecule has 1 aliphatic heterocycles. The van der Waals surface area contributed by atoms with Gasteiger partial charge in [-0.2, -0.15) is 0 Å². The summed E-state index contributed by atoms with van der Waals surface area (Å²) >= 11 is 0. The van der Waals surface area contributed by atoms with Crippen molar-refractivity contribution in [1.82, 2.24) is 10.5 Å². The van der Waals surface area contributed by atoms with Crippen LogP contribution in [-0.4, -0.2) is 18.2 Å². The number of anilines is 1. The van der Waals surface area contributed by atoms with E-state index in [1.54, 1.807) is 6.20 Å². The minimum atomic E-state index is 0.418. The number of aromatic nitrogens is 1. The van der Waals surface area contributed by atoms with E-state index < -0.39 is 0 Å². The fraction of sp³-hybridized carbons (Fsp3) is 0.625. The van der Waals surface area contributed by atoms with Crippen molar-refractivity contribution in [2.75, 3.05) is 18.8 Å². The lowest BCUT2D eigenvalue weighted by Gasteiger charge is -2.20. The van der Waals surface area contributed by atoms with Gasteiger partial charge in [-0.15, -0.1) is 0 Å². The molecule has 0 spiro atoms. The standard InChI is InChI=1S/C8H13N3O/c9-7-5-11-12-8(7)6-2-1-3-10-4-6/h5-6,10H,1-4,9H2. The van der Waals surface area contributed by atoms with Gasteiger partial charge in [-0.25, -0.2) is 0 Å². The van der Waals surface area contributed by atoms with Gasteiger partial charge in [-0.05, 0) is 19.4 Å². The molecule has 1 aliphatic rings. The molecule has 1 aromatic heterocycles. The maximum atomic E-state index is 5.69. The fourth-order valence-electron chi connectivity index (χ4n) is 1.64. The van der Waals surface area contributed by atoms with Gasteiger partial charge in [0.15, 0.2) is 5.76 Å². The Bertz CT molecular complexity index is 253. The molecule has 3 N–H and O–H groups in total. The van der Waals surface area contributed by atoms with E-state index in [1.807, 2.05) is 0 Å². The molecular formula is C8H13N3O. The van der Waals surface area contributed by atoms with Crippen LogP contribution in [0.15, 0.2) is 10.7 Å². The van der Waals surface area contributed by atoms with Gasteiger partial charge in [0.2, 0.25) is 0 Å². The number of nitrogens with one attached hydrogen (secondary N) is 1. The molecule has 0 bridgehead atoms. The highest BCUT2D eigenvalue weighted by molar-refractivity contribution is 5.40. The maximum absolute atomic E-state index is 5.69. The van der Waals surface area contributed by atoms with Crippen LogP contribution in [0, 0.1) is 0 Å². The molecule has 1 fully saturated rings. The monoisotopic (exact) mass is 167 g/mol. The predicted octanol–water partition coefficient (Wildman–Crippen LogP) is 0.724. The second kappa shape index (κ2) is 3.15. The molecule has 1 aromatic rings. The van der Waals surface area contributed by atoms with Gasteiger partial charge in [0.1, 0.15) is 0 Å². The minimum absolute atomic E-state index is 0.418. The summed E-state index contributed by atoms with van der Waals surface area (Å²) in [6.07, 6.45) is 3.90. The number of nitrogens with two attached hydrogens (primary N) is 1. The summed E-state index contributed by atoms with van der Waals surface area (Å²) in [6.45, 7) is 2.06. The molecule has 1 unspecified atom stereocenters.